The maximum Gasteiger partial charge on any atom is 0.322 e. The fourth-order valence-corrected chi connectivity index (χ4v) is 2.34. The summed E-state index contributed by atoms with van der Waals surface area (Å²) < 4.78 is 0. The number of carbonyl (C=O) groups excluding carboxylic acids is 3. The van der Waals surface area contributed by atoms with Crippen LogP contribution in [-0.2, 0) is 9.59 Å². The Morgan fingerprint density at radius 1 is 1.53 bits per heavy atom. The Hall–Kier alpha value is -1.85. The van der Waals surface area contributed by atoms with Crippen LogP contribution in [-0.4, -0.2) is 41.4 Å². The Morgan fingerprint density at radius 3 is 2.88 bits per heavy atom. The van der Waals surface area contributed by atoms with Crippen molar-refractivity contribution in [3.63, 3.8) is 0 Å². The maximum atomic E-state index is 11.7. The zero-order chi connectivity index (χ0) is 12.5. The molecule has 2 N–H and O–H groups in total. The average molecular weight is 237 g/mol. The molecule has 1 atom stereocenters. The van der Waals surface area contributed by atoms with Crippen LogP contribution in [0.25, 0.3) is 0 Å². The fraction of sp³-hybridized carbons (Fsp3) is 0.545. The van der Waals surface area contributed by atoms with E-state index in [4.69, 9.17) is 0 Å². The zero-order valence-electron chi connectivity index (χ0n) is 9.49. The summed E-state index contributed by atoms with van der Waals surface area (Å²) in [4.78, 5) is 36.2. The van der Waals surface area contributed by atoms with Crippen molar-refractivity contribution in [3.8, 4) is 0 Å². The molecular formula is C11H15N3O3. The molecule has 92 valence electrons. The number of nitrogens with one attached hydrogen (secondary N) is 2. The molecule has 0 saturated carbocycles. The van der Waals surface area contributed by atoms with Crippen molar-refractivity contribution >= 4 is 17.8 Å². The number of hydrogen-bond acceptors (Lipinski definition) is 3. The van der Waals surface area contributed by atoms with Gasteiger partial charge in [-0.3, -0.25) is 14.9 Å². The van der Waals surface area contributed by atoms with Crippen LogP contribution >= 0.6 is 0 Å². The zero-order valence-corrected chi connectivity index (χ0v) is 9.49. The van der Waals surface area contributed by atoms with E-state index in [0.29, 0.717) is 19.4 Å². The predicted octanol–water partition coefficient (Wildman–Crippen LogP) is -0.237. The number of piperidine rings is 1. The van der Waals surface area contributed by atoms with E-state index in [2.05, 4.69) is 17.2 Å². The maximum absolute atomic E-state index is 11.7. The van der Waals surface area contributed by atoms with Crippen molar-refractivity contribution in [1.29, 1.82) is 0 Å². The van der Waals surface area contributed by atoms with E-state index in [9.17, 15) is 14.4 Å². The molecule has 0 aromatic carbocycles. The van der Waals surface area contributed by atoms with Gasteiger partial charge in [-0.25, -0.2) is 4.79 Å². The van der Waals surface area contributed by atoms with E-state index in [1.54, 1.807) is 4.90 Å². The average Bonchev–Trinajstić information content (AvgIpc) is 2.54. The molecule has 2 saturated heterocycles. The molecule has 0 aromatic rings. The lowest BCUT2D eigenvalue weighted by atomic mass is 9.89. The van der Waals surface area contributed by atoms with Crippen molar-refractivity contribution in [2.75, 3.05) is 13.1 Å². The van der Waals surface area contributed by atoms with E-state index in [1.165, 1.54) is 6.08 Å². The lowest BCUT2D eigenvalue weighted by Crippen LogP contribution is -2.59. The summed E-state index contributed by atoms with van der Waals surface area (Å²) in [5, 5.41) is 4.85. The summed E-state index contributed by atoms with van der Waals surface area (Å²) in [5.41, 5.74) is -0.924. The third-order valence-electron chi connectivity index (χ3n) is 3.18. The molecule has 2 fully saturated rings. The first-order chi connectivity index (χ1) is 8.07. The molecule has 0 radical (unpaired) electrons. The molecule has 0 aromatic heterocycles. The number of urea groups is 1. The van der Waals surface area contributed by atoms with Crippen molar-refractivity contribution < 1.29 is 14.4 Å². The van der Waals surface area contributed by atoms with E-state index in [-0.39, 0.29) is 24.8 Å². The molecule has 1 unspecified atom stereocenters. The molecule has 17 heavy (non-hydrogen) atoms. The van der Waals surface area contributed by atoms with Crippen LogP contribution in [0.1, 0.15) is 19.3 Å². The molecule has 4 amide bonds. The first-order valence-electron chi connectivity index (χ1n) is 5.60. The standard InChI is InChI=1S/C11H15N3O3/c1-2-4-8(15)14-6-3-5-11(7-14)9(16)12-10(17)13-11/h2H,1,3-7H2,(H2,12,13,16,17). The second-order valence-corrected chi connectivity index (χ2v) is 4.40. The normalized spacial score (nSPS) is 27.9. The highest BCUT2D eigenvalue weighted by atomic mass is 16.2. The van der Waals surface area contributed by atoms with Gasteiger partial charge in [0.15, 0.2) is 0 Å². The molecule has 2 aliphatic heterocycles. The van der Waals surface area contributed by atoms with Gasteiger partial charge >= 0.3 is 6.03 Å². The molecule has 6 heteroatoms. The molecular weight excluding hydrogens is 222 g/mol. The number of nitrogens with zero attached hydrogens (tertiary/aromatic N) is 1. The Labute approximate surface area is 99.0 Å². The van der Waals surface area contributed by atoms with Crippen LogP contribution in [0.15, 0.2) is 12.7 Å². The SMILES string of the molecule is C=CCC(=O)N1CCCC2(C1)NC(=O)NC2=O. The largest absolute Gasteiger partial charge is 0.340 e. The highest BCUT2D eigenvalue weighted by Crippen LogP contribution is 2.24. The van der Waals surface area contributed by atoms with Crippen LogP contribution in [0.5, 0.6) is 0 Å². The Morgan fingerprint density at radius 2 is 2.29 bits per heavy atom. The number of amides is 4. The van der Waals surface area contributed by atoms with E-state index in [0.717, 1.165) is 0 Å². The minimum atomic E-state index is -0.924. The Bertz CT molecular complexity index is 393. The van der Waals surface area contributed by atoms with Crippen molar-refractivity contribution in [1.82, 2.24) is 15.5 Å². The third kappa shape index (κ3) is 2.02. The quantitative estimate of drug-likeness (QED) is 0.514. The van der Waals surface area contributed by atoms with Crippen LogP contribution in [0.2, 0.25) is 0 Å². The first-order valence-corrected chi connectivity index (χ1v) is 5.60. The number of hydrogen-bond donors (Lipinski definition) is 2. The van der Waals surface area contributed by atoms with Gasteiger partial charge in [-0.15, -0.1) is 6.58 Å². The van der Waals surface area contributed by atoms with Gasteiger partial charge in [0.05, 0.1) is 6.54 Å². The lowest BCUT2D eigenvalue weighted by molar-refractivity contribution is -0.135. The van der Waals surface area contributed by atoms with Gasteiger partial charge in [-0.05, 0) is 12.8 Å². The molecule has 0 bridgehead atoms. The van der Waals surface area contributed by atoms with Crippen LogP contribution in [0.4, 0.5) is 4.79 Å². The summed E-state index contributed by atoms with van der Waals surface area (Å²) >= 11 is 0. The molecule has 0 aliphatic carbocycles. The van der Waals surface area contributed by atoms with Gasteiger partial charge < -0.3 is 10.2 Å². The summed E-state index contributed by atoms with van der Waals surface area (Å²) in [5.74, 6) is -0.397. The minimum absolute atomic E-state index is 0.0620. The molecule has 1 spiro atoms. The van der Waals surface area contributed by atoms with Gasteiger partial charge in [-0.2, -0.15) is 0 Å². The van der Waals surface area contributed by atoms with E-state index in [1.807, 2.05) is 0 Å². The van der Waals surface area contributed by atoms with Crippen LogP contribution in [0, 0.1) is 0 Å². The van der Waals surface area contributed by atoms with Crippen LogP contribution in [0.3, 0.4) is 0 Å². The third-order valence-corrected chi connectivity index (χ3v) is 3.18. The van der Waals surface area contributed by atoms with Gasteiger partial charge in [0.25, 0.3) is 5.91 Å². The van der Waals surface area contributed by atoms with Crippen molar-refractivity contribution in [2.24, 2.45) is 0 Å². The monoisotopic (exact) mass is 237 g/mol. The van der Waals surface area contributed by atoms with E-state index >= 15 is 0 Å². The van der Waals surface area contributed by atoms with E-state index < -0.39 is 11.6 Å². The van der Waals surface area contributed by atoms with Crippen molar-refractivity contribution in [2.45, 2.75) is 24.8 Å². The summed E-state index contributed by atoms with van der Waals surface area (Å²) in [7, 11) is 0. The Balaban J connectivity index is 2.11. The summed E-state index contributed by atoms with van der Waals surface area (Å²) in [6.45, 7) is 4.38. The van der Waals surface area contributed by atoms with Gasteiger partial charge in [0.2, 0.25) is 5.91 Å². The summed E-state index contributed by atoms with van der Waals surface area (Å²) in [6.07, 6.45) is 3.07. The van der Waals surface area contributed by atoms with Gasteiger partial charge in [0, 0.05) is 13.0 Å². The summed E-state index contributed by atoms with van der Waals surface area (Å²) in [6, 6.07) is -0.479. The topological polar surface area (TPSA) is 78.5 Å². The lowest BCUT2D eigenvalue weighted by Gasteiger charge is -2.37. The number of likely N-dealkylation sites (tertiary alicyclic amines) is 1. The van der Waals surface area contributed by atoms with Gasteiger partial charge in [-0.1, -0.05) is 6.08 Å². The highest BCUT2D eigenvalue weighted by Gasteiger charge is 2.49. The second-order valence-electron chi connectivity index (χ2n) is 4.40. The molecule has 2 aliphatic rings. The minimum Gasteiger partial charge on any atom is -0.340 e. The molecule has 2 heterocycles. The van der Waals surface area contributed by atoms with Gasteiger partial charge in [0.1, 0.15) is 5.54 Å². The molecule has 6 nitrogen and oxygen atoms in total. The smallest absolute Gasteiger partial charge is 0.322 e. The predicted molar refractivity (Wildman–Crippen MR) is 60.0 cm³/mol. The highest BCUT2D eigenvalue weighted by molar-refractivity contribution is 6.07. The number of imide groups is 1. The Kier molecular flexibility index (Phi) is 2.87. The second kappa shape index (κ2) is 4.20. The first kappa shape index (κ1) is 11.6. The number of rotatable bonds is 2. The fourth-order valence-electron chi connectivity index (χ4n) is 2.34. The van der Waals surface area contributed by atoms with Crippen molar-refractivity contribution in [3.05, 3.63) is 12.7 Å². The number of carbonyl (C=O) groups is 3. The van der Waals surface area contributed by atoms with Crippen LogP contribution < -0.4 is 10.6 Å². The molecule has 2 rings (SSSR count).